The summed E-state index contributed by atoms with van der Waals surface area (Å²) < 4.78 is 2.25. The minimum absolute atomic E-state index is 0.451. The lowest BCUT2D eigenvalue weighted by Crippen LogP contribution is -2.24. The Morgan fingerprint density at radius 1 is 1.39 bits per heavy atom. The van der Waals surface area contributed by atoms with Crippen molar-refractivity contribution in [2.45, 2.75) is 45.0 Å². The van der Waals surface area contributed by atoms with Crippen molar-refractivity contribution in [3.63, 3.8) is 0 Å². The molecule has 1 saturated carbocycles. The second kappa shape index (κ2) is 4.54. The highest BCUT2D eigenvalue weighted by molar-refractivity contribution is 6.16. The van der Waals surface area contributed by atoms with Gasteiger partial charge in [0.15, 0.2) is 5.65 Å². The number of hydrogen-bond acceptors (Lipinski definition) is 2. The van der Waals surface area contributed by atoms with Crippen LogP contribution in [-0.4, -0.2) is 14.5 Å². The molecule has 2 aromatic heterocycles. The Balaban J connectivity index is 2.14. The van der Waals surface area contributed by atoms with Gasteiger partial charge < -0.3 is 4.57 Å². The van der Waals surface area contributed by atoms with E-state index >= 15 is 0 Å². The molecule has 18 heavy (non-hydrogen) atoms. The van der Waals surface area contributed by atoms with Gasteiger partial charge in [0.1, 0.15) is 11.3 Å². The summed E-state index contributed by atoms with van der Waals surface area (Å²) in [5, 5.41) is 0. The maximum Gasteiger partial charge on any atom is 0.160 e. The summed E-state index contributed by atoms with van der Waals surface area (Å²) in [5.74, 6) is 2.16. The first-order chi connectivity index (χ1) is 8.70. The molecule has 4 heteroatoms. The normalized spacial score (nSPS) is 17.9. The first-order valence-corrected chi connectivity index (χ1v) is 7.14. The minimum atomic E-state index is 0.451. The van der Waals surface area contributed by atoms with Crippen LogP contribution in [0, 0.1) is 12.8 Å². The number of pyridine rings is 1. The third-order valence-corrected chi connectivity index (χ3v) is 4.35. The lowest BCUT2D eigenvalue weighted by atomic mass is 9.80. The number of fused-ring (bicyclic) bond motifs is 1. The lowest BCUT2D eigenvalue weighted by Gasteiger charge is -2.33. The molecule has 3 nitrogen and oxygen atoms in total. The van der Waals surface area contributed by atoms with Crippen molar-refractivity contribution in [3.8, 4) is 0 Å². The molecule has 0 amide bonds. The van der Waals surface area contributed by atoms with Crippen molar-refractivity contribution in [1.29, 1.82) is 0 Å². The zero-order valence-electron chi connectivity index (χ0n) is 10.9. The largest absolute Gasteiger partial charge is 0.309 e. The van der Waals surface area contributed by atoms with Crippen molar-refractivity contribution < 1.29 is 0 Å². The van der Waals surface area contributed by atoms with Crippen LogP contribution < -0.4 is 0 Å². The highest BCUT2D eigenvalue weighted by Crippen LogP contribution is 2.38. The Labute approximate surface area is 112 Å². The maximum atomic E-state index is 6.04. The van der Waals surface area contributed by atoms with Crippen LogP contribution in [0.4, 0.5) is 0 Å². The molecule has 1 aliphatic rings. The summed E-state index contributed by atoms with van der Waals surface area (Å²) in [6.07, 6.45) is 3.98. The summed E-state index contributed by atoms with van der Waals surface area (Å²) in [5.41, 5.74) is 2.98. The average Bonchev–Trinajstić information content (AvgIpc) is 2.64. The average molecular weight is 264 g/mol. The molecule has 3 rings (SSSR count). The number of nitrogens with zero attached hydrogens (tertiary/aromatic N) is 3. The number of aryl methyl sites for hydroxylation is 1. The Hall–Kier alpha value is -1.09. The van der Waals surface area contributed by atoms with Crippen molar-refractivity contribution in [3.05, 3.63) is 23.7 Å². The van der Waals surface area contributed by atoms with E-state index in [1.807, 2.05) is 19.1 Å². The molecule has 1 fully saturated rings. The SMILES string of the molecule is Cc1ccc2nc(CCl)n(C(C)C3CCC3)c2n1. The van der Waals surface area contributed by atoms with E-state index in [1.165, 1.54) is 19.3 Å². The number of hydrogen-bond donors (Lipinski definition) is 0. The fourth-order valence-electron chi connectivity index (χ4n) is 2.77. The number of aromatic nitrogens is 3. The molecular formula is C14H18ClN3. The van der Waals surface area contributed by atoms with Gasteiger partial charge in [-0.05, 0) is 44.7 Å². The van der Waals surface area contributed by atoms with E-state index in [0.717, 1.165) is 28.6 Å². The zero-order chi connectivity index (χ0) is 12.7. The van der Waals surface area contributed by atoms with Gasteiger partial charge in [-0.3, -0.25) is 0 Å². The van der Waals surface area contributed by atoms with Crippen LogP contribution in [0.25, 0.3) is 11.2 Å². The van der Waals surface area contributed by atoms with Crippen LogP contribution in [0.15, 0.2) is 12.1 Å². The maximum absolute atomic E-state index is 6.04. The smallest absolute Gasteiger partial charge is 0.160 e. The summed E-state index contributed by atoms with van der Waals surface area (Å²) in [7, 11) is 0. The van der Waals surface area contributed by atoms with Crippen LogP contribution >= 0.6 is 11.6 Å². The van der Waals surface area contributed by atoms with Crippen LogP contribution in [0.1, 0.15) is 43.7 Å². The predicted octanol–water partition coefficient (Wildman–Crippen LogP) is 3.84. The van der Waals surface area contributed by atoms with Gasteiger partial charge in [0.2, 0.25) is 0 Å². The monoisotopic (exact) mass is 263 g/mol. The third kappa shape index (κ3) is 1.81. The number of imidazole rings is 1. The summed E-state index contributed by atoms with van der Waals surface area (Å²) in [6, 6.07) is 4.50. The topological polar surface area (TPSA) is 30.7 Å². The van der Waals surface area contributed by atoms with Crippen LogP contribution in [0.3, 0.4) is 0 Å². The van der Waals surface area contributed by atoms with Crippen molar-refractivity contribution in [2.24, 2.45) is 5.92 Å². The van der Waals surface area contributed by atoms with E-state index < -0.39 is 0 Å². The molecular weight excluding hydrogens is 246 g/mol. The lowest BCUT2D eigenvalue weighted by molar-refractivity contribution is 0.223. The quantitative estimate of drug-likeness (QED) is 0.788. The van der Waals surface area contributed by atoms with E-state index in [9.17, 15) is 0 Å². The molecule has 0 bridgehead atoms. The van der Waals surface area contributed by atoms with Crippen LogP contribution in [-0.2, 0) is 5.88 Å². The zero-order valence-corrected chi connectivity index (χ0v) is 11.6. The van der Waals surface area contributed by atoms with Gasteiger partial charge in [0.25, 0.3) is 0 Å². The van der Waals surface area contributed by atoms with Crippen molar-refractivity contribution in [2.75, 3.05) is 0 Å². The fourth-order valence-corrected chi connectivity index (χ4v) is 2.96. The predicted molar refractivity (Wildman–Crippen MR) is 73.9 cm³/mol. The Bertz CT molecular complexity index is 572. The van der Waals surface area contributed by atoms with E-state index in [-0.39, 0.29) is 0 Å². The van der Waals surface area contributed by atoms with Gasteiger partial charge in [-0.1, -0.05) is 6.42 Å². The first kappa shape index (κ1) is 12.0. The second-order valence-corrected chi connectivity index (χ2v) is 5.53. The first-order valence-electron chi connectivity index (χ1n) is 6.61. The molecule has 0 aromatic carbocycles. The molecule has 2 heterocycles. The van der Waals surface area contributed by atoms with Gasteiger partial charge in [-0.2, -0.15) is 0 Å². The molecule has 2 aromatic rings. The van der Waals surface area contributed by atoms with Gasteiger partial charge in [-0.15, -0.1) is 11.6 Å². The Morgan fingerprint density at radius 2 is 2.17 bits per heavy atom. The van der Waals surface area contributed by atoms with Gasteiger partial charge in [0.05, 0.1) is 5.88 Å². The molecule has 0 spiro atoms. The highest BCUT2D eigenvalue weighted by atomic mass is 35.5. The molecule has 0 radical (unpaired) electrons. The summed E-state index contributed by atoms with van der Waals surface area (Å²) >= 11 is 6.04. The molecule has 0 saturated heterocycles. The minimum Gasteiger partial charge on any atom is -0.309 e. The van der Waals surface area contributed by atoms with Crippen LogP contribution in [0.5, 0.6) is 0 Å². The molecule has 0 N–H and O–H groups in total. The third-order valence-electron chi connectivity index (χ3n) is 4.11. The molecule has 1 unspecified atom stereocenters. The van der Waals surface area contributed by atoms with E-state index in [0.29, 0.717) is 11.9 Å². The summed E-state index contributed by atoms with van der Waals surface area (Å²) in [4.78, 5) is 9.25. The van der Waals surface area contributed by atoms with Gasteiger partial charge in [0, 0.05) is 11.7 Å². The molecule has 1 aliphatic carbocycles. The molecule has 0 aliphatic heterocycles. The van der Waals surface area contributed by atoms with E-state index in [4.69, 9.17) is 11.6 Å². The highest BCUT2D eigenvalue weighted by Gasteiger charge is 2.28. The standard InChI is InChI=1S/C14H18ClN3/c1-9-6-7-12-14(16-9)18(13(8-15)17-12)10(2)11-4-3-5-11/h6-7,10-11H,3-5,8H2,1-2H3. The second-order valence-electron chi connectivity index (χ2n) is 5.26. The number of rotatable bonds is 3. The van der Waals surface area contributed by atoms with Crippen molar-refractivity contribution in [1.82, 2.24) is 14.5 Å². The number of halogens is 1. The summed E-state index contributed by atoms with van der Waals surface area (Å²) in [6.45, 7) is 4.29. The molecule has 96 valence electrons. The van der Waals surface area contributed by atoms with E-state index in [2.05, 4.69) is 21.5 Å². The Kier molecular flexibility index (Phi) is 3.02. The van der Waals surface area contributed by atoms with Crippen molar-refractivity contribution >= 4 is 22.8 Å². The number of alkyl halides is 1. The molecule has 1 atom stereocenters. The van der Waals surface area contributed by atoms with Crippen LogP contribution in [0.2, 0.25) is 0 Å². The van der Waals surface area contributed by atoms with Gasteiger partial charge in [-0.25, -0.2) is 9.97 Å². The Morgan fingerprint density at radius 3 is 2.78 bits per heavy atom. The van der Waals surface area contributed by atoms with E-state index in [1.54, 1.807) is 0 Å². The fraction of sp³-hybridized carbons (Fsp3) is 0.571. The van der Waals surface area contributed by atoms with Gasteiger partial charge >= 0.3 is 0 Å².